The molecule has 0 spiro atoms. The molecule has 0 saturated heterocycles. The van der Waals surface area contributed by atoms with Crippen LogP contribution in [-0.4, -0.2) is 43.5 Å². The number of rotatable bonds is 8. The number of benzene rings is 1. The van der Waals surface area contributed by atoms with Gasteiger partial charge in [-0.05, 0) is 45.9 Å². The maximum Gasteiger partial charge on any atom is 0.161 e. The molecule has 1 aromatic carbocycles. The molecule has 1 aromatic rings. The van der Waals surface area contributed by atoms with Gasteiger partial charge in [0.15, 0.2) is 11.5 Å². The van der Waals surface area contributed by atoms with Crippen molar-refractivity contribution in [1.29, 1.82) is 0 Å². The highest BCUT2D eigenvalue weighted by molar-refractivity contribution is 5.76. The maximum atomic E-state index is 10.8. The molecule has 0 atom stereocenters. The minimum absolute atomic E-state index is 0.474. The number of carbonyl (C=O) groups is 1. The lowest BCUT2D eigenvalue weighted by molar-refractivity contribution is 0.112. The standard InChI is InChI=1S/C16H25NO3/c1-12(2)17(13(3)4)8-9-20-16-10-14(11-18)6-7-15(16)19-5/h6-7,10-13H,8-9H2,1-5H3. The van der Waals surface area contributed by atoms with Crippen molar-refractivity contribution in [1.82, 2.24) is 4.90 Å². The Hall–Kier alpha value is -1.55. The first-order valence-corrected chi connectivity index (χ1v) is 7.01. The summed E-state index contributed by atoms with van der Waals surface area (Å²) in [5, 5.41) is 0. The fourth-order valence-corrected chi connectivity index (χ4v) is 2.25. The highest BCUT2D eigenvalue weighted by atomic mass is 16.5. The zero-order chi connectivity index (χ0) is 15.1. The van der Waals surface area contributed by atoms with Crippen LogP contribution in [0.25, 0.3) is 0 Å². The van der Waals surface area contributed by atoms with Crippen molar-refractivity contribution in [3.63, 3.8) is 0 Å². The van der Waals surface area contributed by atoms with Gasteiger partial charge in [-0.2, -0.15) is 0 Å². The summed E-state index contributed by atoms with van der Waals surface area (Å²) in [7, 11) is 1.59. The van der Waals surface area contributed by atoms with Crippen LogP contribution in [0.2, 0.25) is 0 Å². The summed E-state index contributed by atoms with van der Waals surface area (Å²) in [6.07, 6.45) is 0.806. The van der Waals surface area contributed by atoms with Gasteiger partial charge in [-0.15, -0.1) is 0 Å². The minimum atomic E-state index is 0.474. The third-order valence-corrected chi connectivity index (χ3v) is 3.26. The summed E-state index contributed by atoms with van der Waals surface area (Å²) in [4.78, 5) is 13.2. The summed E-state index contributed by atoms with van der Waals surface area (Å²) in [5.41, 5.74) is 0.588. The molecule has 0 N–H and O–H groups in total. The first kappa shape index (κ1) is 16.5. The molecule has 4 nitrogen and oxygen atoms in total. The molecule has 0 aromatic heterocycles. The molecular formula is C16H25NO3. The molecule has 0 radical (unpaired) electrons. The highest BCUT2D eigenvalue weighted by Crippen LogP contribution is 2.27. The molecule has 0 aliphatic rings. The second-order valence-electron chi connectivity index (χ2n) is 5.30. The van der Waals surface area contributed by atoms with Crippen LogP contribution in [-0.2, 0) is 0 Å². The first-order valence-electron chi connectivity index (χ1n) is 7.01. The van der Waals surface area contributed by atoms with Gasteiger partial charge in [0.05, 0.1) is 7.11 Å². The van der Waals surface area contributed by atoms with Crippen LogP contribution >= 0.6 is 0 Å². The number of carbonyl (C=O) groups excluding carboxylic acids is 1. The lowest BCUT2D eigenvalue weighted by atomic mass is 10.2. The SMILES string of the molecule is COc1ccc(C=O)cc1OCCN(C(C)C)C(C)C. The van der Waals surface area contributed by atoms with Crippen molar-refractivity contribution in [2.75, 3.05) is 20.3 Å². The van der Waals surface area contributed by atoms with Gasteiger partial charge in [0, 0.05) is 24.2 Å². The van der Waals surface area contributed by atoms with Crippen molar-refractivity contribution < 1.29 is 14.3 Å². The molecule has 0 fully saturated rings. The third-order valence-electron chi connectivity index (χ3n) is 3.26. The minimum Gasteiger partial charge on any atom is -0.493 e. The molecule has 1 rings (SSSR count). The van der Waals surface area contributed by atoms with Crippen molar-refractivity contribution >= 4 is 6.29 Å². The average molecular weight is 279 g/mol. The number of ether oxygens (including phenoxy) is 2. The van der Waals surface area contributed by atoms with E-state index in [4.69, 9.17) is 9.47 Å². The van der Waals surface area contributed by atoms with Gasteiger partial charge in [0.2, 0.25) is 0 Å². The Morgan fingerprint density at radius 2 is 1.80 bits per heavy atom. The Morgan fingerprint density at radius 3 is 2.30 bits per heavy atom. The second kappa shape index (κ2) is 7.90. The number of aldehydes is 1. The topological polar surface area (TPSA) is 38.8 Å². The molecule has 0 saturated carbocycles. The van der Waals surface area contributed by atoms with Gasteiger partial charge >= 0.3 is 0 Å². The zero-order valence-electron chi connectivity index (χ0n) is 13.1. The number of nitrogens with zero attached hydrogens (tertiary/aromatic N) is 1. The van der Waals surface area contributed by atoms with Crippen LogP contribution in [0.15, 0.2) is 18.2 Å². The summed E-state index contributed by atoms with van der Waals surface area (Å²) in [6, 6.07) is 6.12. The van der Waals surface area contributed by atoms with Gasteiger partial charge in [-0.1, -0.05) is 0 Å². The molecule has 0 amide bonds. The van der Waals surface area contributed by atoms with E-state index < -0.39 is 0 Å². The van der Waals surface area contributed by atoms with E-state index >= 15 is 0 Å². The summed E-state index contributed by atoms with van der Waals surface area (Å²) < 4.78 is 11.0. The molecule has 0 aliphatic heterocycles. The lowest BCUT2D eigenvalue weighted by Crippen LogP contribution is -2.39. The lowest BCUT2D eigenvalue weighted by Gasteiger charge is -2.30. The molecule has 20 heavy (non-hydrogen) atoms. The van der Waals surface area contributed by atoms with Gasteiger partial charge in [-0.25, -0.2) is 0 Å². The normalized spacial score (nSPS) is 11.2. The third kappa shape index (κ3) is 4.53. The number of methoxy groups -OCH3 is 1. The van der Waals surface area contributed by atoms with Crippen LogP contribution in [0.3, 0.4) is 0 Å². The fraction of sp³-hybridized carbons (Fsp3) is 0.562. The van der Waals surface area contributed by atoms with Gasteiger partial charge < -0.3 is 9.47 Å². The Morgan fingerprint density at radius 1 is 1.15 bits per heavy atom. The quantitative estimate of drug-likeness (QED) is 0.686. The van der Waals surface area contributed by atoms with Crippen LogP contribution < -0.4 is 9.47 Å². The van der Waals surface area contributed by atoms with Crippen molar-refractivity contribution in [2.24, 2.45) is 0 Å². The van der Waals surface area contributed by atoms with Gasteiger partial charge in [0.25, 0.3) is 0 Å². The Kier molecular flexibility index (Phi) is 6.52. The fourth-order valence-electron chi connectivity index (χ4n) is 2.25. The zero-order valence-corrected chi connectivity index (χ0v) is 13.1. The van der Waals surface area contributed by atoms with Crippen molar-refractivity contribution in [2.45, 2.75) is 39.8 Å². The highest BCUT2D eigenvalue weighted by Gasteiger charge is 2.13. The van der Waals surface area contributed by atoms with E-state index in [1.54, 1.807) is 25.3 Å². The van der Waals surface area contributed by atoms with E-state index in [9.17, 15) is 4.79 Å². The van der Waals surface area contributed by atoms with Crippen LogP contribution in [0.4, 0.5) is 0 Å². The smallest absolute Gasteiger partial charge is 0.161 e. The predicted octanol–water partition coefficient (Wildman–Crippen LogP) is 3.01. The maximum absolute atomic E-state index is 10.8. The molecule has 0 aliphatic carbocycles. The largest absolute Gasteiger partial charge is 0.493 e. The summed E-state index contributed by atoms with van der Waals surface area (Å²) >= 11 is 0. The first-order chi connectivity index (χ1) is 9.49. The van der Waals surface area contributed by atoms with E-state index in [0.29, 0.717) is 35.8 Å². The molecule has 4 heteroatoms. The van der Waals surface area contributed by atoms with Crippen LogP contribution in [0, 0.1) is 0 Å². The predicted molar refractivity (Wildman–Crippen MR) is 80.9 cm³/mol. The van der Waals surface area contributed by atoms with Crippen molar-refractivity contribution in [3.05, 3.63) is 23.8 Å². The van der Waals surface area contributed by atoms with Crippen molar-refractivity contribution in [3.8, 4) is 11.5 Å². The number of hydrogen-bond acceptors (Lipinski definition) is 4. The van der Waals surface area contributed by atoms with E-state index in [0.717, 1.165) is 12.8 Å². The van der Waals surface area contributed by atoms with Gasteiger partial charge in [0.1, 0.15) is 12.9 Å². The van der Waals surface area contributed by atoms with Crippen LogP contribution in [0.1, 0.15) is 38.1 Å². The molecule has 0 unspecified atom stereocenters. The monoisotopic (exact) mass is 279 g/mol. The molecule has 0 bridgehead atoms. The van der Waals surface area contributed by atoms with E-state index in [1.165, 1.54) is 0 Å². The Labute approximate surface area is 121 Å². The molecular weight excluding hydrogens is 254 g/mol. The number of hydrogen-bond donors (Lipinski definition) is 0. The Bertz CT molecular complexity index is 422. The summed E-state index contributed by atoms with van der Waals surface area (Å²) in [6.45, 7) is 10.1. The van der Waals surface area contributed by atoms with Gasteiger partial charge in [-0.3, -0.25) is 9.69 Å². The summed E-state index contributed by atoms with van der Waals surface area (Å²) in [5.74, 6) is 1.26. The van der Waals surface area contributed by atoms with E-state index in [1.807, 2.05) is 0 Å². The van der Waals surface area contributed by atoms with Crippen LogP contribution in [0.5, 0.6) is 11.5 Å². The second-order valence-corrected chi connectivity index (χ2v) is 5.30. The van der Waals surface area contributed by atoms with E-state index in [-0.39, 0.29) is 0 Å². The van der Waals surface area contributed by atoms with E-state index in [2.05, 4.69) is 32.6 Å². The molecule has 112 valence electrons. The Balaban J connectivity index is 2.67. The average Bonchev–Trinajstić information content (AvgIpc) is 2.42. The molecule has 0 heterocycles.